The number of hydrogen-bond donors (Lipinski definition) is 3. The largest absolute Gasteiger partial charge is 0.506 e. The summed E-state index contributed by atoms with van der Waals surface area (Å²) in [5.74, 6) is -0.947. The smallest absolute Gasteiger partial charge is 0.291 e. The van der Waals surface area contributed by atoms with Crippen molar-refractivity contribution in [3.8, 4) is 0 Å². The number of carbonyl (C=O) groups excluding carboxylic acids is 2. The molecule has 1 aliphatic rings. The third-order valence-corrected chi connectivity index (χ3v) is 3.52. The molecule has 0 bridgehead atoms. The van der Waals surface area contributed by atoms with Crippen molar-refractivity contribution < 1.29 is 14.7 Å². The number of benzene rings is 1. The summed E-state index contributed by atoms with van der Waals surface area (Å²) in [5, 5.41) is 20.6. The van der Waals surface area contributed by atoms with Gasteiger partial charge in [-0.25, -0.2) is 5.43 Å². The summed E-state index contributed by atoms with van der Waals surface area (Å²) in [6, 6.07) is 8.33. The number of fused-ring (bicyclic) bond motifs is 1. The Labute approximate surface area is 131 Å². The molecule has 2 aromatic rings. The van der Waals surface area contributed by atoms with Gasteiger partial charge in [-0.15, -0.1) is 0 Å². The second-order valence-corrected chi connectivity index (χ2v) is 5.17. The molecule has 3 N–H and O–H groups in total. The van der Waals surface area contributed by atoms with E-state index in [2.05, 4.69) is 20.7 Å². The Hall–Kier alpha value is -3.22. The van der Waals surface area contributed by atoms with E-state index in [0.717, 1.165) is 5.69 Å². The molecule has 0 atom stereocenters. The standard InChI is InChI=1S/C16H14N4O3/c1-8-7-12(19-17-8)16(23)20-18-9(2)13-14(21)10-5-3-4-6-11(10)15(13)22/h3-7,21H,1-2H3,(H,17,19)(H,20,23)/b18-9+. The average molecular weight is 310 g/mol. The molecule has 3 rings (SSSR count). The van der Waals surface area contributed by atoms with E-state index in [-0.39, 0.29) is 28.5 Å². The van der Waals surface area contributed by atoms with Crippen LogP contribution in [0.1, 0.15) is 39.0 Å². The first-order valence-electron chi connectivity index (χ1n) is 6.93. The van der Waals surface area contributed by atoms with E-state index in [1.54, 1.807) is 44.2 Å². The molecule has 0 aliphatic heterocycles. The fraction of sp³-hybridized carbons (Fsp3) is 0.125. The van der Waals surface area contributed by atoms with Gasteiger partial charge in [0.25, 0.3) is 5.91 Å². The quantitative estimate of drug-likeness (QED) is 0.595. The van der Waals surface area contributed by atoms with E-state index < -0.39 is 5.91 Å². The van der Waals surface area contributed by atoms with Crippen molar-refractivity contribution in [1.82, 2.24) is 15.6 Å². The van der Waals surface area contributed by atoms with Gasteiger partial charge in [0.15, 0.2) is 11.5 Å². The summed E-state index contributed by atoms with van der Waals surface area (Å²) >= 11 is 0. The molecule has 0 unspecified atom stereocenters. The van der Waals surface area contributed by atoms with E-state index in [9.17, 15) is 14.7 Å². The van der Waals surface area contributed by atoms with E-state index in [1.807, 2.05) is 0 Å². The van der Waals surface area contributed by atoms with Crippen LogP contribution in [0.25, 0.3) is 5.76 Å². The number of aromatic amines is 1. The van der Waals surface area contributed by atoms with Crippen LogP contribution < -0.4 is 5.43 Å². The van der Waals surface area contributed by atoms with Gasteiger partial charge < -0.3 is 5.11 Å². The van der Waals surface area contributed by atoms with Crippen LogP contribution in [0, 0.1) is 6.92 Å². The van der Waals surface area contributed by atoms with E-state index in [4.69, 9.17) is 0 Å². The summed E-state index contributed by atoms with van der Waals surface area (Å²) in [6.45, 7) is 3.32. The van der Waals surface area contributed by atoms with Crippen LogP contribution in [0.15, 0.2) is 41.0 Å². The van der Waals surface area contributed by atoms with Gasteiger partial charge in [-0.2, -0.15) is 10.2 Å². The number of nitrogens with one attached hydrogen (secondary N) is 2. The summed E-state index contributed by atoms with van der Waals surface area (Å²) in [5.41, 5.74) is 4.47. The second-order valence-electron chi connectivity index (χ2n) is 5.17. The van der Waals surface area contributed by atoms with Gasteiger partial charge in [0.1, 0.15) is 5.76 Å². The predicted octanol–water partition coefficient (Wildman–Crippen LogP) is 1.99. The molecule has 1 heterocycles. The number of aromatic nitrogens is 2. The van der Waals surface area contributed by atoms with Gasteiger partial charge in [0, 0.05) is 16.8 Å². The Morgan fingerprint density at radius 1 is 1.30 bits per heavy atom. The normalized spacial score (nSPS) is 14.2. The first-order valence-corrected chi connectivity index (χ1v) is 6.93. The Balaban J connectivity index is 1.84. The molecule has 1 amide bonds. The topological polar surface area (TPSA) is 107 Å². The molecular weight excluding hydrogens is 296 g/mol. The minimum atomic E-state index is -0.503. The van der Waals surface area contributed by atoms with Crippen LogP contribution in [0.2, 0.25) is 0 Å². The molecule has 23 heavy (non-hydrogen) atoms. The Morgan fingerprint density at radius 2 is 2.00 bits per heavy atom. The number of nitrogens with zero attached hydrogens (tertiary/aromatic N) is 2. The van der Waals surface area contributed by atoms with Crippen molar-refractivity contribution in [3.63, 3.8) is 0 Å². The molecule has 0 saturated heterocycles. The van der Waals surface area contributed by atoms with Crippen molar-refractivity contribution in [3.05, 3.63) is 58.4 Å². The Kier molecular flexibility index (Phi) is 3.53. The molecule has 0 saturated carbocycles. The van der Waals surface area contributed by atoms with Gasteiger partial charge >= 0.3 is 0 Å². The van der Waals surface area contributed by atoms with Crippen molar-refractivity contribution in [2.24, 2.45) is 5.10 Å². The van der Waals surface area contributed by atoms with Crippen LogP contribution in [0.3, 0.4) is 0 Å². The molecule has 1 aliphatic carbocycles. The van der Waals surface area contributed by atoms with Crippen LogP contribution in [-0.4, -0.2) is 32.7 Å². The third-order valence-electron chi connectivity index (χ3n) is 3.52. The molecule has 1 aromatic carbocycles. The zero-order valence-electron chi connectivity index (χ0n) is 12.5. The highest BCUT2D eigenvalue weighted by molar-refractivity contribution is 6.35. The minimum absolute atomic E-state index is 0.0877. The number of aliphatic hydroxyl groups is 1. The number of ketones is 1. The zero-order valence-corrected chi connectivity index (χ0v) is 12.5. The fourth-order valence-electron chi connectivity index (χ4n) is 2.38. The van der Waals surface area contributed by atoms with Crippen molar-refractivity contribution in [1.29, 1.82) is 0 Å². The summed E-state index contributed by atoms with van der Waals surface area (Å²) in [6.07, 6.45) is 0. The van der Waals surface area contributed by atoms with Crippen LogP contribution in [0.5, 0.6) is 0 Å². The van der Waals surface area contributed by atoms with Gasteiger partial charge in [-0.3, -0.25) is 14.7 Å². The van der Waals surface area contributed by atoms with Crippen LogP contribution >= 0.6 is 0 Å². The highest BCUT2D eigenvalue weighted by Crippen LogP contribution is 2.31. The first kappa shape index (κ1) is 14.7. The van der Waals surface area contributed by atoms with Crippen LogP contribution in [0.4, 0.5) is 0 Å². The highest BCUT2D eigenvalue weighted by Gasteiger charge is 2.31. The lowest BCUT2D eigenvalue weighted by Gasteiger charge is -2.02. The lowest BCUT2D eigenvalue weighted by Crippen LogP contribution is -2.21. The van der Waals surface area contributed by atoms with Gasteiger partial charge in [-0.05, 0) is 19.9 Å². The Morgan fingerprint density at radius 3 is 2.61 bits per heavy atom. The zero-order chi connectivity index (χ0) is 16.6. The summed E-state index contributed by atoms with van der Waals surface area (Å²) < 4.78 is 0. The van der Waals surface area contributed by atoms with Crippen LogP contribution in [-0.2, 0) is 0 Å². The van der Waals surface area contributed by atoms with E-state index >= 15 is 0 Å². The van der Waals surface area contributed by atoms with Crippen molar-refractivity contribution in [2.75, 3.05) is 0 Å². The lowest BCUT2D eigenvalue weighted by molar-refractivity contribution is 0.0948. The fourth-order valence-corrected chi connectivity index (χ4v) is 2.38. The number of aryl methyl sites for hydroxylation is 1. The van der Waals surface area contributed by atoms with Crippen molar-refractivity contribution in [2.45, 2.75) is 13.8 Å². The van der Waals surface area contributed by atoms with Crippen molar-refractivity contribution >= 4 is 23.2 Å². The number of H-pyrrole nitrogens is 1. The number of hydrogen-bond acceptors (Lipinski definition) is 5. The lowest BCUT2D eigenvalue weighted by atomic mass is 10.1. The highest BCUT2D eigenvalue weighted by atomic mass is 16.3. The number of amides is 1. The number of carbonyl (C=O) groups is 2. The maximum atomic E-state index is 12.3. The van der Waals surface area contributed by atoms with Gasteiger partial charge in [0.05, 0.1) is 11.3 Å². The van der Waals surface area contributed by atoms with E-state index in [0.29, 0.717) is 11.1 Å². The second kappa shape index (κ2) is 5.53. The number of rotatable bonds is 3. The van der Waals surface area contributed by atoms with Gasteiger partial charge in [0.2, 0.25) is 0 Å². The molecule has 0 spiro atoms. The number of aliphatic hydroxyl groups excluding tert-OH is 1. The Bertz CT molecular complexity index is 877. The monoisotopic (exact) mass is 310 g/mol. The minimum Gasteiger partial charge on any atom is -0.506 e. The number of allylic oxidation sites excluding steroid dienone is 1. The number of hydrazone groups is 1. The van der Waals surface area contributed by atoms with Gasteiger partial charge in [-0.1, -0.05) is 24.3 Å². The third kappa shape index (κ3) is 2.52. The molecule has 0 radical (unpaired) electrons. The SMILES string of the molecule is C/C(=N\NC(=O)c1cc(C)[nH]n1)C1=C(O)c2ccccc2C1=O. The predicted molar refractivity (Wildman–Crippen MR) is 84.2 cm³/mol. The molecular formula is C16H14N4O3. The first-order chi connectivity index (χ1) is 11.0. The molecule has 1 aromatic heterocycles. The summed E-state index contributed by atoms with van der Waals surface area (Å²) in [7, 11) is 0. The maximum Gasteiger partial charge on any atom is 0.291 e. The molecule has 0 fully saturated rings. The molecule has 116 valence electrons. The molecule has 7 heteroatoms. The number of Topliss-reactive ketones (excluding diaryl/α,β-unsaturated/α-hetero) is 1. The van der Waals surface area contributed by atoms with E-state index in [1.165, 1.54) is 0 Å². The molecule has 7 nitrogen and oxygen atoms in total. The average Bonchev–Trinajstić information content (AvgIpc) is 3.08. The summed E-state index contributed by atoms with van der Waals surface area (Å²) in [4.78, 5) is 24.2. The maximum absolute atomic E-state index is 12.3.